The molecule has 1 fully saturated rings. The molecule has 0 spiro atoms. The lowest BCUT2D eigenvalue weighted by Crippen LogP contribution is -2.25. The van der Waals surface area contributed by atoms with Crippen LogP contribution in [0.4, 0.5) is 5.69 Å². The lowest BCUT2D eigenvalue weighted by atomic mass is 9.99. The van der Waals surface area contributed by atoms with Crippen molar-refractivity contribution >= 4 is 34.5 Å². The number of nitrogens with one attached hydrogen (secondary N) is 1. The highest BCUT2D eigenvalue weighted by atomic mass is 35.5. The molecule has 0 heterocycles. The summed E-state index contributed by atoms with van der Waals surface area (Å²) in [4.78, 5) is 0.349. The average Bonchev–Trinajstić information content (AvgIpc) is 2.81. The molecular weight excluding hydrogens is 264 g/mol. The first kappa shape index (κ1) is 13.6. The molecule has 0 bridgehead atoms. The molecule has 18 heavy (non-hydrogen) atoms. The fraction of sp³-hybridized carbons (Fsp3) is 0.500. The topological polar surface area (TPSA) is 38.0 Å². The largest absolute Gasteiger partial charge is 0.389 e. The third-order valence-corrected chi connectivity index (χ3v) is 4.27. The summed E-state index contributed by atoms with van der Waals surface area (Å²) in [6.45, 7) is 2.22. The number of nitrogens with two attached hydrogens (primary N) is 1. The fourth-order valence-corrected chi connectivity index (χ4v) is 3.27. The van der Waals surface area contributed by atoms with Gasteiger partial charge in [-0.25, -0.2) is 0 Å². The van der Waals surface area contributed by atoms with Gasteiger partial charge in [0, 0.05) is 11.7 Å². The molecular formula is C14H19ClN2S. The van der Waals surface area contributed by atoms with Gasteiger partial charge in [0.15, 0.2) is 0 Å². The van der Waals surface area contributed by atoms with Crippen LogP contribution in [0.5, 0.6) is 0 Å². The van der Waals surface area contributed by atoms with Crippen molar-refractivity contribution < 1.29 is 0 Å². The van der Waals surface area contributed by atoms with Crippen molar-refractivity contribution in [3.05, 3.63) is 28.8 Å². The van der Waals surface area contributed by atoms with Crippen LogP contribution in [-0.4, -0.2) is 11.0 Å². The number of anilines is 1. The molecule has 1 saturated carbocycles. The van der Waals surface area contributed by atoms with E-state index < -0.39 is 0 Å². The Morgan fingerprint density at radius 1 is 1.44 bits per heavy atom. The van der Waals surface area contributed by atoms with E-state index in [2.05, 4.69) is 12.2 Å². The summed E-state index contributed by atoms with van der Waals surface area (Å²) >= 11 is 11.2. The number of thiocarbonyl (C=S) groups is 1. The van der Waals surface area contributed by atoms with E-state index in [1.165, 1.54) is 25.7 Å². The summed E-state index contributed by atoms with van der Waals surface area (Å²) in [6.07, 6.45) is 5.29. The van der Waals surface area contributed by atoms with Gasteiger partial charge in [0.1, 0.15) is 4.99 Å². The molecule has 0 saturated heterocycles. The van der Waals surface area contributed by atoms with E-state index in [1.54, 1.807) is 0 Å². The van der Waals surface area contributed by atoms with Gasteiger partial charge >= 0.3 is 0 Å². The van der Waals surface area contributed by atoms with E-state index in [-0.39, 0.29) is 0 Å². The van der Waals surface area contributed by atoms with Crippen molar-refractivity contribution in [2.75, 3.05) is 5.32 Å². The molecule has 0 radical (unpaired) electrons. The molecule has 98 valence electrons. The van der Waals surface area contributed by atoms with Crippen LogP contribution in [0.15, 0.2) is 18.2 Å². The van der Waals surface area contributed by atoms with E-state index in [1.807, 2.05) is 18.2 Å². The molecule has 1 unspecified atom stereocenters. The molecule has 1 aliphatic carbocycles. The Morgan fingerprint density at radius 2 is 2.11 bits per heavy atom. The van der Waals surface area contributed by atoms with Crippen molar-refractivity contribution in [3.8, 4) is 0 Å². The third kappa shape index (κ3) is 2.96. The minimum atomic E-state index is 0.349. The van der Waals surface area contributed by atoms with Gasteiger partial charge in [-0.05, 0) is 37.8 Å². The molecule has 0 aliphatic heterocycles. The Balaban J connectivity index is 2.17. The number of hydrogen-bond donors (Lipinski definition) is 2. The standard InChI is InChI=1S/C14H19ClN2S/c1-9(10-5-2-3-6-10)17-12-8-4-7-11(15)13(12)14(16)18/h4,7-10,17H,2-3,5-6H2,1H3,(H2,16,18). The number of rotatable bonds is 4. The fourth-order valence-electron chi connectivity index (χ4n) is 2.72. The van der Waals surface area contributed by atoms with Crippen LogP contribution in [0.2, 0.25) is 5.02 Å². The molecule has 3 N–H and O–H groups in total. The summed E-state index contributed by atoms with van der Waals surface area (Å²) in [5.74, 6) is 0.739. The first-order chi connectivity index (χ1) is 8.59. The molecule has 1 aromatic carbocycles. The van der Waals surface area contributed by atoms with E-state index in [0.29, 0.717) is 16.1 Å². The van der Waals surface area contributed by atoms with Gasteiger partial charge in [-0.2, -0.15) is 0 Å². The van der Waals surface area contributed by atoms with Gasteiger partial charge in [-0.1, -0.05) is 42.7 Å². The molecule has 1 atom stereocenters. The first-order valence-electron chi connectivity index (χ1n) is 6.44. The second-order valence-electron chi connectivity index (χ2n) is 5.00. The highest BCUT2D eigenvalue weighted by molar-refractivity contribution is 7.80. The highest BCUT2D eigenvalue weighted by Crippen LogP contribution is 2.31. The first-order valence-corrected chi connectivity index (χ1v) is 7.23. The van der Waals surface area contributed by atoms with Crippen LogP contribution >= 0.6 is 23.8 Å². The second-order valence-corrected chi connectivity index (χ2v) is 5.85. The van der Waals surface area contributed by atoms with Crippen molar-refractivity contribution in [2.45, 2.75) is 38.6 Å². The normalized spacial score (nSPS) is 17.7. The van der Waals surface area contributed by atoms with Gasteiger partial charge in [-0.15, -0.1) is 0 Å². The maximum Gasteiger partial charge on any atom is 0.107 e. The van der Waals surface area contributed by atoms with Crippen molar-refractivity contribution in [1.29, 1.82) is 0 Å². The van der Waals surface area contributed by atoms with E-state index >= 15 is 0 Å². The Kier molecular flexibility index (Phi) is 4.46. The van der Waals surface area contributed by atoms with E-state index in [9.17, 15) is 0 Å². The lowest BCUT2D eigenvalue weighted by Gasteiger charge is -2.23. The zero-order valence-corrected chi connectivity index (χ0v) is 12.2. The maximum atomic E-state index is 6.16. The van der Waals surface area contributed by atoms with Crippen LogP contribution in [0.25, 0.3) is 0 Å². The van der Waals surface area contributed by atoms with Gasteiger partial charge in [-0.3, -0.25) is 0 Å². The summed E-state index contributed by atoms with van der Waals surface area (Å²) < 4.78 is 0. The van der Waals surface area contributed by atoms with Gasteiger partial charge in [0.2, 0.25) is 0 Å². The molecule has 1 aliphatic rings. The van der Waals surface area contributed by atoms with Crippen LogP contribution in [-0.2, 0) is 0 Å². The van der Waals surface area contributed by atoms with Gasteiger partial charge in [0.25, 0.3) is 0 Å². The number of benzene rings is 1. The predicted molar refractivity (Wildman–Crippen MR) is 82.4 cm³/mol. The monoisotopic (exact) mass is 282 g/mol. The Hall–Kier alpha value is -0.800. The summed E-state index contributed by atoms with van der Waals surface area (Å²) in [5, 5.41) is 4.14. The molecule has 0 aromatic heterocycles. The van der Waals surface area contributed by atoms with E-state index in [0.717, 1.165) is 17.2 Å². The highest BCUT2D eigenvalue weighted by Gasteiger charge is 2.22. The van der Waals surface area contributed by atoms with Crippen LogP contribution in [0, 0.1) is 5.92 Å². The van der Waals surface area contributed by atoms with Gasteiger partial charge in [0.05, 0.1) is 10.6 Å². The Bertz CT molecular complexity index is 441. The van der Waals surface area contributed by atoms with Crippen molar-refractivity contribution in [3.63, 3.8) is 0 Å². The smallest absolute Gasteiger partial charge is 0.107 e. The second kappa shape index (κ2) is 5.89. The zero-order chi connectivity index (χ0) is 13.1. The molecule has 4 heteroatoms. The molecule has 0 amide bonds. The van der Waals surface area contributed by atoms with Crippen LogP contribution in [0.3, 0.4) is 0 Å². The maximum absolute atomic E-state index is 6.16. The SMILES string of the molecule is CC(Nc1cccc(Cl)c1C(N)=S)C1CCCC1. The summed E-state index contributed by atoms with van der Waals surface area (Å²) in [6, 6.07) is 6.17. The van der Waals surface area contributed by atoms with Crippen molar-refractivity contribution in [1.82, 2.24) is 0 Å². The minimum absolute atomic E-state index is 0.349. The Labute approximate surface area is 119 Å². The molecule has 1 aromatic rings. The summed E-state index contributed by atoms with van der Waals surface area (Å²) in [5.41, 5.74) is 7.47. The molecule has 2 rings (SSSR count). The van der Waals surface area contributed by atoms with Gasteiger partial charge < -0.3 is 11.1 Å². The van der Waals surface area contributed by atoms with Crippen LogP contribution in [0.1, 0.15) is 38.2 Å². The predicted octanol–water partition coefficient (Wildman–Crippen LogP) is 3.96. The summed E-state index contributed by atoms with van der Waals surface area (Å²) in [7, 11) is 0. The van der Waals surface area contributed by atoms with Crippen molar-refractivity contribution in [2.24, 2.45) is 11.7 Å². The Morgan fingerprint density at radius 3 is 2.72 bits per heavy atom. The number of halogens is 1. The zero-order valence-electron chi connectivity index (χ0n) is 10.6. The minimum Gasteiger partial charge on any atom is -0.389 e. The van der Waals surface area contributed by atoms with E-state index in [4.69, 9.17) is 29.6 Å². The van der Waals surface area contributed by atoms with Crippen LogP contribution < -0.4 is 11.1 Å². The lowest BCUT2D eigenvalue weighted by molar-refractivity contribution is 0.482. The molecule has 2 nitrogen and oxygen atoms in total. The third-order valence-electron chi connectivity index (χ3n) is 3.75. The average molecular weight is 283 g/mol. The number of hydrogen-bond acceptors (Lipinski definition) is 2. The quantitative estimate of drug-likeness (QED) is 0.821.